The third-order valence-electron chi connectivity index (χ3n) is 8.88. The van der Waals surface area contributed by atoms with Gasteiger partial charge in [-0.25, -0.2) is 0 Å². The summed E-state index contributed by atoms with van der Waals surface area (Å²) in [4.78, 5) is 0. The highest BCUT2D eigenvalue weighted by Crippen LogP contribution is 2.66. The van der Waals surface area contributed by atoms with Gasteiger partial charge in [0.25, 0.3) is 0 Å². The molecular formula is C24H38O2. The molecule has 4 rings (SSSR count). The summed E-state index contributed by atoms with van der Waals surface area (Å²) in [6.45, 7) is 4.53. The Bertz CT molecular complexity index is 603. The van der Waals surface area contributed by atoms with Crippen LogP contribution in [0.25, 0.3) is 0 Å². The Balaban J connectivity index is 1.62. The van der Waals surface area contributed by atoms with Gasteiger partial charge in [0.2, 0.25) is 0 Å². The first-order valence-corrected chi connectivity index (χ1v) is 11.2. The van der Waals surface area contributed by atoms with Crippen molar-refractivity contribution in [2.45, 2.75) is 96.5 Å². The summed E-state index contributed by atoms with van der Waals surface area (Å²) in [5, 5.41) is 11.6. The first-order chi connectivity index (χ1) is 12.6. The normalized spacial score (nSPS) is 42.0. The molecule has 0 aromatic heterocycles. The molecule has 4 aliphatic carbocycles. The predicted octanol–water partition coefficient (Wildman–Crippen LogP) is 6.15. The molecule has 0 bridgehead atoms. The maximum atomic E-state index is 11.6. The van der Waals surface area contributed by atoms with E-state index in [1.165, 1.54) is 57.1 Å². The molecule has 26 heavy (non-hydrogen) atoms. The zero-order valence-corrected chi connectivity index (χ0v) is 17.2. The fourth-order valence-electron chi connectivity index (χ4n) is 7.54. The second-order valence-corrected chi connectivity index (χ2v) is 9.52. The number of unbranched alkanes of at least 4 members (excludes halogenated alkanes) is 1. The first-order valence-electron chi connectivity index (χ1n) is 11.2. The Hall–Kier alpha value is -0.760. The highest BCUT2D eigenvalue weighted by Gasteiger charge is 2.62. The summed E-state index contributed by atoms with van der Waals surface area (Å²) in [5.41, 5.74) is 3.26. The van der Waals surface area contributed by atoms with Crippen LogP contribution in [0.2, 0.25) is 0 Å². The summed E-state index contributed by atoms with van der Waals surface area (Å²) in [6, 6.07) is 0. The fourth-order valence-corrected chi connectivity index (χ4v) is 7.54. The van der Waals surface area contributed by atoms with Gasteiger partial charge in [0.15, 0.2) is 0 Å². The van der Waals surface area contributed by atoms with Gasteiger partial charge in [-0.3, -0.25) is 0 Å². The summed E-state index contributed by atoms with van der Waals surface area (Å²) in [6.07, 6.45) is 16.7. The van der Waals surface area contributed by atoms with Crippen molar-refractivity contribution in [3.05, 3.63) is 23.0 Å². The topological polar surface area (TPSA) is 29.5 Å². The minimum atomic E-state index is -0.401. The molecule has 0 unspecified atom stereocenters. The molecule has 0 radical (unpaired) electrons. The van der Waals surface area contributed by atoms with Crippen molar-refractivity contribution in [1.29, 1.82) is 0 Å². The van der Waals surface area contributed by atoms with Gasteiger partial charge in [0.1, 0.15) is 0 Å². The smallest absolute Gasteiger partial charge is 0.0959 e. The van der Waals surface area contributed by atoms with Crippen LogP contribution in [-0.2, 0) is 4.74 Å². The van der Waals surface area contributed by atoms with Crippen LogP contribution >= 0.6 is 0 Å². The second kappa shape index (κ2) is 7.00. The number of ether oxygens (including phenoxy) is 1. The van der Waals surface area contributed by atoms with E-state index in [-0.39, 0.29) is 5.41 Å². The SMILES string of the molecule is CCCC[C@]12CC[C@@H]3C4=C(CC[C@H]3[C@@H]1CC[C@@]2(O)CC)CC(OC)=CC4. The Morgan fingerprint density at radius 3 is 2.77 bits per heavy atom. The number of fused-ring (bicyclic) bond motifs is 4. The van der Waals surface area contributed by atoms with Gasteiger partial charge in [-0.05, 0) is 81.6 Å². The van der Waals surface area contributed by atoms with Crippen LogP contribution in [0, 0.1) is 23.2 Å². The predicted molar refractivity (Wildman–Crippen MR) is 107 cm³/mol. The largest absolute Gasteiger partial charge is 0.501 e. The summed E-state index contributed by atoms with van der Waals surface area (Å²) in [7, 11) is 1.82. The molecule has 2 nitrogen and oxygen atoms in total. The third-order valence-corrected chi connectivity index (χ3v) is 8.88. The zero-order valence-electron chi connectivity index (χ0n) is 17.2. The minimum Gasteiger partial charge on any atom is -0.501 e. The van der Waals surface area contributed by atoms with Crippen LogP contribution < -0.4 is 0 Å². The van der Waals surface area contributed by atoms with Crippen LogP contribution in [0.3, 0.4) is 0 Å². The highest BCUT2D eigenvalue weighted by molar-refractivity contribution is 5.33. The van der Waals surface area contributed by atoms with E-state index in [9.17, 15) is 5.11 Å². The quantitative estimate of drug-likeness (QED) is 0.597. The van der Waals surface area contributed by atoms with Gasteiger partial charge >= 0.3 is 0 Å². The molecule has 5 atom stereocenters. The van der Waals surface area contributed by atoms with Crippen LogP contribution in [0.15, 0.2) is 23.0 Å². The van der Waals surface area contributed by atoms with Crippen molar-refractivity contribution < 1.29 is 9.84 Å². The average molecular weight is 359 g/mol. The number of allylic oxidation sites excluding steroid dienone is 3. The molecule has 0 aromatic rings. The molecule has 0 amide bonds. The van der Waals surface area contributed by atoms with Gasteiger partial charge < -0.3 is 9.84 Å². The van der Waals surface area contributed by atoms with Crippen molar-refractivity contribution in [2.24, 2.45) is 23.2 Å². The van der Waals surface area contributed by atoms with Gasteiger partial charge in [0.05, 0.1) is 18.5 Å². The lowest BCUT2D eigenvalue weighted by Gasteiger charge is -2.56. The molecule has 0 heterocycles. The summed E-state index contributed by atoms with van der Waals surface area (Å²) < 4.78 is 5.54. The maximum Gasteiger partial charge on any atom is 0.0959 e. The highest BCUT2D eigenvalue weighted by atomic mass is 16.5. The standard InChI is InChI=1S/C24H38O2/c1-4-6-13-23-14-11-20-19-10-8-18(26-3)16-17(19)7-9-21(20)22(23)12-15-24(23,25)5-2/h8,20-22,25H,4-7,9-16H2,1-3H3/t20-,21-,22+,23+,24+/m1/s1. The van der Waals surface area contributed by atoms with E-state index in [0.29, 0.717) is 0 Å². The Morgan fingerprint density at radius 2 is 2.04 bits per heavy atom. The van der Waals surface area contributed by atoms with Crippen LogP contribution in [0.5, 0.6) is 0 Å². The number of hydrogen-bond acceptors (Lipinski definition) is 2. The molecule has 4 aliphatic rings. The van der Waals surface area contributed by atoms with E-state index in [0.717, 1.165) is 43.4 Å². The molecule has 2 saturated carbocycles. The molecule has 0 saturated heterocycles. The van der Waals surface area contributed by atoms with E-state index in [1.54, 1.807) is 11.1 Å². The minimum absolute atomic E-state index is 0.208. The summed E-state index contributed by atoms with van der Waals surface area (Å²) >= 11 is 0. The average Bonchev–Trinajstić information content (AvgIpc) is 2.99. The van der Waals surface area contributed by atoms with Crippen LogP contribution in [0.4, 0.5) is 0 Å². The van der Waals surface area contributed by atoms with Crippen molar-refractivity contribution >= 4 is 0 Å². The Labute approximate surface area is 160 Å². The monoisotopic (exact) mass is 358 g/mol. The van der Waals surface area contributed by atoms with Gasteiger partial charge in [-0.15, -0.1) is 0 Å². The van der Waals surface area contributed by atoms with Gasteiger partial charge in [0, 0.05) is 11.8 Å². The first kappa shape index (κ1) is 18.6. The third kappa shape index (κ3) is 2.62. The molecular weight excluding hydrogens is 320 g/mol. The lowest BCUT2D eigenvalue weighted by Crippen LogP contribution is -2.53. The van der Waals surface area contributed by atoms with E-state index in [4.69, 9.17) is 4.74 Å². The number of rotatable bonds is 5. The molecule has 0 aromatic carbocycles. The Morgan fingerprint density at radius 1 is 1.19 bits per heavy atom. The lowest BCUT2D eigenvalue weighted by molar-refractivity contribution is -0.125. The van der Waals surface area contributed by atoms with Gasteiger partial charge in [-0.2, -0.15) is 0 Å². The van der Waals surface area contributed by atoms with E-state index in [2.05, 4.69) is 19.9 Å². The molecule has 2 heteroatoms. The van der Waals surface area contributed by atoms with Crippen molar-refractivity contribution in [3.63, 3.8) is 0 Å². The molecule has 0 spiro atoms. The fraction of sp³-hybridized carbons (Fsp3) is 0.833. The van der Waals surface area contributed by atoms with Gasteiger partial charge in [-0.1, -0.05) is 37.8 Å². The Kier molecular flexibility index (Phi) is 5.01. The van der Waals surface area contributed by atoms with E-state index in [1.807, 2.05) is 7.11 Å². The molecule has 1 N–H and O–H groups in total. The molecule has 2 fully saturated rings. The van der Waals surface area contributed by atoms with Crippen molar-refractivity contribution in [2.75, 3.05) is 7.11 Å². The number of methoxy groups -OCH3 is 1. The zero-order chi connectivity index (χ0) is 18.4. The van der Waals surface area contributed by atoms with E-state index < -0.39 is 5.60 Å². The van der Waals surface area contributed by atoms with Crippen molar-refractivity contribution in [1.82, 2.24) is 0 Å². The van der Waals surface area contributed by atoms with E-state index >= 15 is 0 Å². The molecule has 146 valence electrons. The van der Waals surface area contributed by atoms with Crippen LogP contribution in [-0.4, -0.2) is 17.8 Å². The lowest BCUT2D eigenvalue weighted by atomic mass is 9.50. The maximum absolute atomic E-state index is 11.6. The van der Waals surface area contributed by atoms with Crippen molar-refractivity contribution in [3.8, 4) is 0 Å². The second-order valence-electron chi connectivity index (χ2n) is 9.52. The summed E-state index contributed by atoms with van der Waals surface area (Å²) in [5.74, 6) is 3.53. The molecule has 0 aliphatic heterocycles. The van der Waals surface area contributed by atoms with Crippen LogP contribution in [0.1, 0.15) is 90.9 Å². The number of hydrogen-bond donors (Lipinski definition) is 1. The number of aliphatic hydroxyl groups is 1.